The summed E-state index contributed by atoms with van der Waals surface area (Å²) in [5.41, 5.74) is 1.97. The van der Waals surface area contributed by atoms with E-state index in [4.69, 9.17) is 9.84 Å². The van der Waals surface area contributed by atoms with Crippen molar-refractivity contribution in [1.29, 1.82) is 0 Å². The number of aliphatic hydroxyl groups excluding tert-OH is 1. The van der Waals surface area contributed by atoms with E-state index in [0.717, 1.165) is 16.9 Å². The Morgan fingerprint density at radius 2 is 2.00 bits per heavy atom. The molecule has 0 fully saturated rings. The van der Waals surface area contributed by atoms with Crippen molar-refractivity contribution >= 4 is 5.57 Å². The maximum Gasteiger partial charge on any atom is 0.118 e. The van der Waals surface area contributed by atoms with Crippen molar-refractivity contribution in [3.05, 3.63) is 35.9 Å². The molecule has 2 heteroatoms. The molecule has 0 atom stereocenters. The average Bonchev–Trinajstić information content (AvgIpc) is 2.21. The van der Waals surface area contributed by atoms with Crippen LogP contribution in [-0.2, 0) is 0 Å². The number of rotatable bonds is 3. The van der Waals surface area contributed by atoms with Crippen molar-refractivity contribution in [1.82, 2.24) is 0 Å². The third-order valence-corrected chi connectivity index (χ3v) is 1.98. The first-order valence-corrected chi connectivity index (χ1v) is 4.22. The zero-order valence-corrected chi connectivity index (χ0v) is 7.95. The highest BCUT2D eigenvalue weighted by molar-refractivity contribution is 5.66. The molecule has 70 valence electrons. The van der Waals surface area contributed by atoms with Crippen LogP contribution in [0.2, 0.25) is 0 Å². The van der Waals surface area contributed by atoms with E-state index in [2.05, 4.69) is 0 Å². The van der Waals surface area contributed by atoms with Crippen LogP contribution in [0, 0.1) is 0 Å². The fourth-order valence-electron chi connectivity index (χ4n) is 1.15. The molecule has 0 aromatic heterocycles. The molecule has 1 N–H and O–H groups in total. The van der Waals surface area contributed by atoms with Crippen LogP contribution in [0.25, 0.3) is 5.57 Å². The van der Waals surface area contributed by atoms with Crippen LogP contribution >= 0.6 is 0 Å². The Bertz CT molecular complexity index is 285. The van der Waals surface area contributed by atoms with E-state index in [1.165, 1.54) is 0 Å². The molecule has 0 saturated carbocycles. The van der Waals surface area contributed by atoms with Gasteiger partial charge in [0.25, 0.3) is 0 Å². The van der Waals surface area contributed by atoms with E-state index in [9.17, 15) is 0 Å². The van der Waals surface area contributed by atoms with Gasteiger partial charge in [-0.3, -0.25) is 0 Å². The molecule has 1 aromatic carbocycles. The zero-order valence-electron chi connectivity index (χ0n) is 7.95. The first kappa shape index (κ1) is 9.81. The fraction of sp³-hybridized carbons (Fsp3) is 0.273. The Hall–Kier alpha value is -1.28. The molecule has 0 aliphatic rings. The van der Waals surface area contributed by atoms with Gasteiger partial charge < -0.3 is 9.84 Å². The van der Waals surface area contributed by atoms with E-state index >= 15 is 0 Å². The Kier molecular flexibility index (Phi) is 3.53. The molecule has 0 spiro atoms. The zero-order chi connectivity index (χ0) is 9.68. The van der Waals surface area contributed by atoms with Crippen LogP contribution in [0.1, 0.15) is 12.5 Å². The number of allylic oxidation sites excluding steroid dienone is 1. The predicted octanol–water partition coefficient (Wildman–Crippen LogP) is 2.09. The van der Waals surface area contributed by atoms with Crippen molar-refractivity contribution in [2.24, 2.45) is 0 Å². The normalized spacial score (nSPS) is 11.5. The summed E-state index contributed by atoms with van der Waals surface area (Å²) in [7, 11) is 1.64. The highest BCUT2D eigenvalue weighted by Crippen LogP contribution is 2.17. The lowest BCUT2D eigenvalue weighted by Gasteiger charge is -2.04. The van der Waals surface area contributed by atoms with Crippen molar-refractivity contribution in [3.8, 4) is 5.75 Å². The second kappa shape index (κ2) is 4.67. The smallest absolute Gasteiger partial charge is 0.118 e. The quantitative estimate of drug-likeness (QED) is 0.768. The van der Waals surface area contributed by atoms with Gasteiger partial charge in [0.05, 0.1) is 13.7 Å². The second-order valence-corrected chi connectivity index (χ2v) is 2.70. The van der Waals surface area contributed by atoms with Crippen molar-refractivity contribution in [3.63, 3.8) is 0 Å². The molecular formula is C11H14O2. The monoisotopic (exact) mass is 178 g/mol. The lowest BCUT2D eigenvalue weighted by atomic mass is 10.1. The summed E-state index contributed by atoms with van der Waals surface area (Å²) in [6.07, 6.45) is 1.90. The van der Waals surface area contributed by atoms with Gasteiger partial charge in [-0.25, -0.2) is 0 Å². The minimum Gasteiger partial charge on any atom is -0.497 e. The summed E-state index contributed by atoms with van der Waals surface area (Å²) in [6.45, 7) is 1.98. The highest BCUT2D eigenvalue weighted by Gasteiger charge is 1.98. The van der Waals surface area contributed by atoms with Crippen LogP contribution in [0.15, 0.2) is 30.3 Å². The molecule has 0 heterocycles. The summed E-state index contributed by atoms with van der Waals surface area (Å²) in [4.78, 5) is 0. The molecule has 0 aliphatic carbocycles. The van der Waals surface area contributed by atoms with E-state index in [0.29, 0.717) is 0 Å². The Morgan fingerprint density at radius 3 is 2.38 bits per heavy atom. The maximum atomic E-state index is 9.01. The summed E-state index contributed by atoms with van der Waals surface area (Å²) < 4.78 is 5.03. The molecule has 2 nitrogen and oxygen atoms in total. The minimum absolute atomic E-state index is 0.0723. The molecule has 0 unspecified atom stereocenters. The molecule has 0 saturated heterocycles. The molecular weight excluding hydrogens is 164 g/mol. The van der Waals surface area contributed by atoms with Crippen LogP contribution in [0.5, 0.6) is 5.75 Å². The number of methoxy groups -OCH3 is 1. The molecule has 0 aliphatic heterocycles. The van der Waals surface area contributed by atoms with Gasteiger partial charge in [-0.05, 0) is 30.2 Å². The number of aliphatic hydroxyl groups is 1. The van der Waals surface area contributed by atoms with Gasteiger partial charge in [-0.2, -0.15) is 0 Å². The predicted molar refractivity (Wildman–Crippen MR) is 53.7 cm³/mol. The fourth-order valence-corrected chi connectivity index (χ4v) is 1.15. The first-order valence-electron chi connectivity index (χ1n) is 4.22. The highest BCUT2D eigenvalue weighted by atomic mass is 16.5. The third kappa shape index (κ3) is 2.33. The molecule has 1 aromatic rings. The van der Waals surface area contributed by atoms with Gasteiger partial charge in [0.1, 0.15) is 5.75 Å². The third-order valence-electron chi connectivity index (χ3n) is 1.98. The molecule has 0 bridgehead atoms. The van der Waals surface area contributed by atoms with Crippen LogP contribution < -0.4 is 4.74 Å². The lowest BCUT2D eigenvalue weighted by molar-refractivity contribution is 0.350. The second-order valence-electron chi connectivity index (χ2n) is 2.70. The average molecular weight is 178 g/mol. The van der Waals surface area contributed by atoms with Crippen LogP contribution in [0.3, 0.4) is 0 Å². The van der Waals surface area contributed by atoms with Gasteiger partial charge in [0.15, 0.2) is 0 Å². The van der Waals surface area contributed by atoms with Crippen molar-refractivity contribution < 1.29 is 9.84 Å². The Balaban J connectivity index is 2.91. The van der Waals surface area contributed by atoms with Gasteiger partial charge in [-0.15, -0.1) is 0 Å². The number of benzene rings is 1. The van der Waals surface area contributed by atoms with Gasteiger partial charge in [0, 0.05) is 0 Å². The standard InChI is InChI=1S/C11H14O2/c1-3-9(8-12)10-4-6-11(13-2)7-5-10/h3-7,12H,8H2,1-2H3/b9-3-. The molecule has 0 radical (unpaired) electrons. The van der Waals surface area contributed by atoms with Crippen molar-refractivity contribution in [2.75, 3.05) is 13.7 Å². The summed E-state index contributed by atoms with van der Waals surface area (Å²) in [5.74, 6) is 0.831. The van der Waals surface area contributed by atoms with E-state index in [1.807, 2.05) is 37.3 Å². The maximum absolute atomic E-state index is 9.01. The van der Waals surface area contributed by atoms with E-state index in [1.54, 1.807) is 7.11 Å². The summed E-state index contributed by atoms with van der Waals surface area (Å²) >= 11 is 0. The minimum atomic E-state index is 0.0723. The largest absolute Gasteiger partial charge is 0.497 e. The van der Waals surface area contributed by atoms with Gasteiger partial charge in [0.2, 0.25) is 0 Å². The van der Waals surface area contributed by atoms with Crippen molar-refractivity contribution in [2.45, 2.75) is 6.92 Å². The lowest BCUT2D eigenvalue weighted by Crippen LogP contribution is -1.90. The summed E-state index contributed by atoms with van der Waals surface area (Å²) in [5, 5.41) is 9.01. The van der Waals surface area contributed by atoms with E-state index < -0.39 is 0 Å². The molecule has 0 amide bonds. The number of ether oxygens (including phenoxy) is 1. The van der Waals surface area contributed by atoms with Crippen LogP contribution in [-0.4, -0.2) is 18.8 Å². The number of hydrogen-bond acceptors (Lipinski definition) is 2. The van der Waals surface area contributed by atoms with E-state index in [-0.39, 0.29) is 6.61 Å². The topological polar surface area (TPSA) is 29.5 Å². The van der Waals surface area contributed by atoms with Gasteiger partial charge in [-0.1, -0.05) is 18.2 Å². The first-order chi connectivity index (χ1) is 6.31. The Labute approximate surface area is 78.5 Å². The summed E-state index contributed by atoms with van der Waals surface area (Å²) in [6, 6.07) is 7.64. The number of hydrogen-bond donors (Lipinski definition) is 1. The Morgan fingerprint density at radius 1 is 1.38 bits per heavy atom. The van der Waals surface area contributed by atoms with Crippen LogP contribution in [0.4, 0.5) is 0 Å². The molecule has 13 heavy (non-hydrogen) atoms. The SMILES string of the molecule is C/C=C(/CO)c1ccc(OC)cc1. The molecule has 1 rings (SSSR count). The van der Waals surface area contributed by atoms with Gasteiger partial charge >= 0.3 is 0 Å².